The fourth-order valence-corrected chi connectivity index (χ4v) is 2.84. The lowest BCUT2D eigenvalue weighted by Crippen LogP contribution is -2.30. The largest absolute Gasteiger partial charge is 0.317 e. The third-order valence-electron chi connectivity index (χ3n) is 3.75. The van der Waals surface area contributed by atoms with E-state index in [1.165, 1.54) is 12.1 Å². The Hall–Kier alpha value is -1.49. The van der Waals surface area contributed by atoms with Crippen molar-refractivity contribution in [3.8, 4) is 0 Å². The zero-order valence-electron chi connectivity index (χ0n) is 10.4. The van der Waals surface area contributed by atoms with Crippen molar-refractivity contribution in [1.29, 1.82) is 0 Å². The quantitative estimate of drug-likeness (QED) is 0.662. The number of nitro benzene ring substituents is 1. The molecule has 1 aromatic carbocycles. The molecule has 0 heterocycles. The predicted molar refractivity (Wildman–Crippen MR) is 66.9 cm³/mol. The molecule has 1 fully saturated rings. The van der Waals surface area contributed by atoms with Crippen LogP contribution >= 0.6 is 0 Å². The highest BCUT2D eigenvalue weighted by Crippen LogP contribution is 2.31. The van der Waals surface area contributed by atoms with Crippen LogP contribution in [0.1, 0.15) is 24.8 Å². The molecule has 0 amide bonds. The smallest absolute Gasteiger partial charge is 0.272 e. The van der Waals surface area contributed by atoms with Gasteiger partial charge >= 0.3 is 0 Å². The average Bonchev–Trinajstić information content (AvgIpc) is 2.76. The van der Waals surface area contributed by atoms with Gasteiger partial charge in [-0.2, -0.15) is 0 Å². The lowest BCUT2D eigenvalue weighted by Gasteiger charge is -2.18. The van der Waals surface area contributed by atoms with Crippen LogP contribution in [0.15, 0.2) is 18.2 Å². The monoisotopic (exact) mass is 252 g/mol. The van der Waals surface area contributed by atoms with E-state index in [4.69, 9.17) is 0 Å². The van der Waals surface area contributed by atoms with E-state index in [9.17, 15) is 14.5 Å². The summed E-state index contributed by atoms with van der Waals surface area (Å²) in [4.78, 5) is 10.5. The molecule has 0 radical (unpaired) electrons. The molecule has 1 aliphatic rings. The van der Waals surface area contributed by atoms with E-state index in [0.29, 0.717) is 23.9 Å². The van der Waals surface area contributed by atoms with Gasteiger partial charge in [0, 0.05) is 17.7 Å². The minimum Gasteiger partial charge on any atom is -0.317 e. The molecule has 0 spiro atoms. The molecule has 1 aliphatic carbocycles. The van der Waals surface area contributed by atoms with Crippen molar-refractivity contribution in [1.82, 2.24) is 5.32 Å². The maximum atomic E-state index is 13.2. The van der Waals surface area contributed by atoms with E-state index in [0.717, 1.165) is 25.3 Å². The Labute approximate surface area is 105 Å². The fourth-order valence-electron chi connectivity index (χ4n) is 2.84. The molecule has 2 atom stereocenters. The van der Waals surface area contributed by atoms with Crippen LogP contribution in [0.25, 0.3) is 0 Å². The van der Waals surface area contributed by atoms with Crippen molar-refractivity contribution >= 4 is 5.69 Å². The summed E-state index contributed by atoms with van der Waals surface area (Å²) in [5.41, 5.74) is 0.533. The van der Waals surface area contributed by atoms with E-state index < -0.39 is 10.7 Å². The molecule has 2 rings (SSSR count). The van der Waals surface area contributed by atoms with Crippen molar-refractivity contribution < 1.29 is 9.31 Å². The Morgan fingerprint density at radius 2 is 2.28 bits per heavy atom. The van der Waals surface area contributed by atoms with E-state index in [-0.39, 0.29) is 5.69 Å². The molecule has 1 N–H and O–H groups in total. The summed E-state index contributed by atoms with van der Waals surface area (Å²) in [6.45, 7) is 0. The lowest BCUT2D eigenvalue weighted by atomic mass is 9.93. The van der Waals surface area contributed by atoms with Crippen molar-refractivity contribution in [3.63, 3.8) is 0 Å². The van der Waals surface area contributed by atoms with Gasteiger partial charge in [-0.3, -0.25) is 10.1 Å². The lowest BCUT2D eigenvalue weighted by molar-refractivity contribution is -0.385. The summed E-state index contributed by atoms with van der Waals surface area (Å²) in [5.74, 6) is -0.0508. The van der Waals surface area contributed by atoms with E-state index in [2.05, 4.69) is 5.32 Å². The van der Waals surface area contributed by atoms with Crippen LogP contribution in [0, 0.1) is 21.8 Å². The molecule has 1 aromatic rings. The zero-order chi connectivity index (χ0) is 13.1. The number of halogens is 1. The molecule has 2 unspecified atom stereocenters. The molecule has 0 aliphatic heterocycles. The molecule has 4 nitrogen and oxygen atoms in total. The highest BCUT2D eigenvalue weighted by molar-refractivity contribution is 5.40. The highest BCUT2D eigenvalue weighted by Gasteiger charge is 2.28. The molecule has 18 heavy (non-hydrogen) atoms. The van der Waals surface area contributed by atoms with Gasteiger partial charge in [0.05, 0.1) is 4.92 Å². The van der Waals surface area contributed by atoms with Gasteiger partial charge in [-0.05, 0) is 44.4 Å². The van der Waals surface area contributed by atoms with Crippen LogP contribution in [-0.2, 0) is 6.42 Å². The SMILES string of the molecule is CNC1CCCC1Cc1cc(F)ccc1[N+](=O)[O-]. The zero-order valence-corrected chi connectivity index (χ0v) is 10.4. The van der Waals surface area contributed by atoms with Crippen LogP contribution in [-0.4, -0.2) is 18.0 Å². The normalized spacial score (nSPS) is 23.2. The summed E-state index contributed by atoms with van der Waals surface area (Å²) in [6, 6.07) is 4.08. The van der Waals surface area contributed by atoms with Gasteiger partial charge < -0.3 is 5.32 Å². The highest BCUT2D eigenvalue weighted by atomic mass is 19.1. The number of benzene rings is 1. The Morgan fingerprint density at radius 1 is 1.50 bits per heavy atom. The Kier molecular flexibility index (Phi) is 3.91. The number of rotatable bonds is 4. The van der Waals surface area contributed by atoms with Gasteiger partial charge in [0.15, 0.2) is 0 Å². The standard InChI is InChI=1S/C13H17FN2O2/c1-15-12-4-2-3-9(12)7-10-8-11(14)5-6-13(10)16(17)18/h5-6,8-9,12,15H,2-4,7H2,1H3. The summed E-state index contributed by atoms with van der Waals surface area (Å²) in [6.07, 6.45) is 3.82. The Balaban J connectivity index is 2.22. The van der Waals surface area contributed by atoms with E-state index in [1.807, 2.05) is 7.05 Å². The van der Waals surface area contributed by atoms with Gasteiger partial charge in [-0.25, -0.2) is 4.39 Å². The van der Waals surface area contributed by atoms with Crippen LogP contribution < -0.4 is 5.32 Å². The van der Waals surface area contributed by atoms with Gasteiger partial charge in [0.2, 0.25) is 0 Å². The van der Waals surface area contributed by atoms with Crippen molar-refractivity contribution in [2.45, 2.75) is 31.7 Å². The topological polar surface area (TPSA) is 55.2 Å². The maximum absolute atomic E-state index is 13.2. The number of hydrogen-bond acceptors (Lipinski definition) is 3. The molecule has 0 bridgehead atoms. The van der Waals surface area contributed by atoms with E-state index in [1.54, 1.807) is 0 Å². The molecular weight excluding hydrogens is 235 g/mol. The van der Waals surface area contributed by atoms with Gasteiger partial charge in [-0.1, -0.05) is 6.42 Å². The average molecular weight is 252 g/mol. The number of hydrogen-bond donors (Lipinski definition) is 1. The van der Waals surface area contributed by atoms with Crippen molar-refractivity contribution in [2.75, 3.05) is 7.05 Å². The number of nitro groups is 1. The second kappa shape index (κ2) is 5.44. The minimum atomic E-state index is -0.432. The first kappa shape index (κ1) is 13.0. The Morgan fingerprint density at radius 3 is 2.94 bits per heavy atom. The maximum Gasteiger partial charge on any atom is 0.272 e. The first-order valence-corrected chi connectivity index (χ1v) is 6.22. The van der Waals surface area contributed by atoms with Crippen LogP contribution in [0.4, 0.5) is 10.1 Å². The van der Waals surface area contributed by atoms with E-state index >= 15 is 0 Å². The third-order valence-corrected chi connectivity index (χ3v) is 3.75. The fraction of sp³-hybridized carbons (Fsp3) is 0.538. The van der Waals surface area contributed by atoms with Crippen molar-refractivity contribution in [3.05, 3.63) is 39.7 Å². The molecule has 5 heteroatoms. The van der Waals surface area contributed by atoms with Crippen LogP contribution in [0.2, 0.25) is 0 Å². The summed E-state index contributed by atoms with van der Waals surface area (Å²) in [5, 5.41) is 14.2. The molecule has 1 saturated carbocycles. The number of nitrogens with zero attached hydrogens (tertiary/aromatic N) is 1. The third kappa shape index (κ3) is 2.67. The predicted octanol–water partition coefficient (Wildman–Crippen LogP) is 2.66. The summed E-state index contributed by atoms with van der Waals surface area (Å²) in [7, 11) is 1.91. The first-order chi connectivity index (χ1) is 8.61. The van der Waals surface area contributed by atoms with Crippen LogP contribution in [0.3, 0.4) is 0 Å². The molecular formula is C13H17FN2O2. The molecule has 0 aromatic heterocycles. The van der Waals surface area contributed by atoms with Crippen LogP contribution in [0.5, 0.6) is 0 Å². The van der Waals surface area contributed by atoms with Crippen molar-refractivity contribution in [2.24, 2.45) is 5.92 Å². The van der Waals surface area contributed by atoms with Gasteiger partial charge in [-0.15, -0.1) is 0 Å². The van der Waals surface area contributed by atoms with Gasteiger partial charge in [0.1, 0.15) is 5.82 Å². The first-order valence-electron chi connectivity index (χ1n) is 6.22. The van der Waals surface area contributed by atoms with Gasteiger partial charge in [0.25, 0.3) is 5.69 Å². The molecule has 0 saturated heterocycles. The number of nitrogens with one attached hydrogen (secondary N) is 1. The second-order valence-corrected chi connectivity index (χ2v) is 4.82. The molecule has 98 valence electrons. The second-order valence-electron chi connectivity index (χ2n) is 4.82. The summed E-state index contributed by atoms with van der Waals surface area (Å²) >= 11 is 0. The minimum absolute atomic E-state index is 0.0261. The summed E-state index contributed by atoms with van der Waals surface area (Å²) < 4.78 is 13.2. The Bertz CT molecular complexity index is 451.